The Balaban J connectivity index is 0.000000194. The van der Waals surface area contributed by atoms with E-state index in [9.17, 15) is 4.79 Å². The number of nitrogens with one attached hydrogen (secondary N) is 1. The predicted octanol–water partition coefficient (Wildman–Crippen LogP) is 4.73. The number of amides is 1. The van der Waals surface area contributed by atoms with Crippen molar-refractivity contribution >= 4 is 6.09 Å². The van der Waals surface area contributed by atoms with Gasteiger partial charge in [-0.15, -0.1) is 0 Å². The molecule has 33 heavy (non-hydrogen) atoms. The Kier molecular flexibility index (Phi) is 10.1. The summed E-state index contributed by atoms with van der Waals surface area (Å²) in [6.45, 7) is 10.4. The Hall–Kier alpha value is -2.47. The number of piperidine rings is 2. The van der Waals surface area contributed by atoms with Gasteiger partial charge in [0, 0.05) is 36.9 Å². The lowest BCUT2D eigenvalue weighted by atomic mass is 9.92. The molecule has 0 radical (unpaired) electrons. The first-order valence-electron chi connectivity index (χ1n) is 12.5. The van der Waals surface area contributed by atoms with Crippen LogP contribution in [0.4, 0.5) is 4.79 Å². The number of nitrogens with zero attached hydrogens (tertiary/aromatic N) is 3. The normalized spacial score (nSPS) is 17.2. The van der Waals surface area contributed by atoms with Crippen LogP contribution in [0.2, 0.25) is 0 Å². The zero-order chi connectivity index (χ0) is 23.5. The van der Waals surface area contributed by atoms with Gasteiger partial charge in [0.1, 0.15) is 0 Å². The van der Waals surface area contributed by atoms with Crippen molar-refractivity contribution in [3.05, 3.63) is 59.2 Å². The number of carbonyl (C=O) groups is 1. The first-order valence-corrected chi connectivity index (χ1v) is 12.5. The second-order valence-corrected chi connectivity index (χ2v) is 9.38. The lowest BCUT2D eigenvalue weighted by Crippen LogP contribution is -2.39. The van der Waals surface area contributed by atoms with Gasteiger partial charge in [0.15, 0.2) is 0 Å². The van der Waals surface area contributed by atoms with Gasteiger partial charge in [-0.3, -0.25) is 9.97 Å². The largest absolute Gasteiger partial charge is 0.450 e. The summed E-state index contributed by atoms with van der Waals surface area (Å²) in [6, 6.07) is 8.53. The molecule has 2 aliphatic rings. The molecule has 180 valence electrons. The fraction of sp³-hybridized carbons (Fsp3) is 0.593. The molecule has 0 unspecified atom stereocenters. The summed E-state index contributed by atoms with van der Waals surface area (Å²) >= 11 is 0. The van der Waals surface area contributed by atoms with Crippen molar-refractivity contribution < 1.29 is 9.53 Å². The van der Waals surface area contributed by atoms with Crippen LogP contribution < -0.4 is 5.32 Å². The molecule has 2 aliphatic heterocycles. The third-order valence-electron chi connectivity index (χ3n) is 6.54. The number of hydrogen-bond donors (Lipinski definition) is 1. The van der Waals surface area contributed by atoms with Gasteiger partial charge >= 0.3 is 6.09 Å². The maximum atomic E-state index is 11.6. The summed E-state index contributed by atoms with van der Waals surface area (Å²) in [4.78, 5) is 22.3. The summed E-state index contributed by atoms with van der Waals surface area (Å²) in [5.41, 5.74) is 4.85. The highest BCUT2D eigenvalue weighted by molar-refractivity contribution is 5.67. The summed E-state index contributed by atoms with van der Waals surface area (Å²) in [6.07, 6.45) is 10.6. The molecule has 0 spiro atoms. The summed E-state index contributed by atoms with van der Waals surface area (Å²) < 4.78 is 5.02. The quantitative estimate of drug-likeness (QED) is 0.710. The molecule has 4 rings (SSSR count). The van der Waals surface area contributed by atoms with Gasteiger partial charge in [-0.05, 0) is 107 Å². The molecular formula is C27H40N4O2. The minimum Gasteiger partial charge on any atom is -0.450 e. The van der Waals surface area contributed by atoms with Crippen molar-refractivity contribution in [3.8, 4) is 0 Å². The average Bonchev–Trinajstić information content (AvgIpc) is 2.84. The molecule has 2 aromatic rings. The van der Waals surface area contributed by atoms with E-state index in [4.69, 9.17) is 4.74 Å². The zero-order valence-electron chi connectivity index (χ0n) is 20.6. The van der Waals surface area contributed by atoms with E-state index in [1.165, 1.54) is 42.8 Å². The maximum Gasteiger partial charge on any atom is 0.409 e. The van der Waals surface area contributed by atoms with Crippen LogP contribution in [-0.2, 0) is 17.6 Å². The lowest BCUT2D eigenvalue weighted by molar-refractivity contribution is 0.0917. The van der Waals surface area contributed by atoms with E-state index in [1.807, 2.05) is 24.2 Å². The molecule has 4 heterocycles. The minimum absolute atomic E-state index is 0.172. The van der Waals surface area contributed by atoms with Crippen LogP contribution in [0.3, 0.4) is 0 Å². The zero-order valence-corrected chi connectivity index (χ0v) is 20.6. The van der Waals surface area contributed by atoms with Gasteiger partial charge in [0.2, 0.25) is 0 Å². The number of pyridine rings is 2. The summed E-state index contributed by atoms with van der Waals surface area (Å²) in [5.74, 6) is 1.47. The summed E-state index contributed by atoms with van der Waals surface area (Å²) in [7, 11) is 0. The summed E-state index contributed by atoms with van der Waals surface area (Å²) in [5, 5.41) is 3.39. The Morgan fingerprint density at radius 2 is 1.42 bits per heavy atom. The predicted molar refractivity (Wildman–Crippen MR) is 132 cm³/mol. The molecule has 0 atom stereocenters. The van der Waals surface area contributed by atoms with E-state index < -0.39 is 0 Å². The van der Waals surface area contributed by atoms with Gasteiger partial charge in [-0.1, -0.05) is 12.1 Å². The Morgan fingerprint density at radius 1 is 0.909 bits per heavy atom. The van der Waals surface area contributed by atoms with E-state index in [-0.39, 0.29) is 6.09 Å². The van der Waals surface area contributed by atoms with E-state index in [0.717, 1.165) is 50.4 Å². The number of rotatable bonds is 5. The first kappa shape index (κ1) is 25.2. The second kappa shape index (κ2) is 13.3. The number of carbonyl (C=O) groups excluding carboxylic acids is 1. The van der Waals surface area contributed by atoms with E-state index in [0.29, 0.717) is 12.5 Å². The third kappa shape index (κ3) is 8.77. The first-order chi connectivity index (χ1) is 16.0. The number of hydrogen-bond acceptors (Lipinski definition) is 5. The topological polar surface area (TPSA) is 67.3 Å². The van der Waals surface area contributed by atoms with Gasteiger partial charge in [-0.2, -0.15) is 0 Å². The van der Waals surface area contributed by atoms with Crippen molar-refractivity contribution in [1.29, 1.82) is 0 Å². The van der Waals surface area contributed by atoms with Crippen LogP contribution >= 0.6 is 0 Å². The molecule has 0 bridgehead atoms. The SMILES string of the molecule is CCOC(=O)N1CCC(Cc2ccc(C)cn2)CC1.Cc1ccc(CC2CCNCC2)nc1. The van der Waals surface area contributed by atoms with Crippen molar-refractivity contribution in [2.45, 2.75) is 59.3 Å². The van der Waals surface area contributed by atoms with Crippen molar-refractivity contribution in [3.63, 3.8) is 0 Å². The minimum atomic E-state index is -0.172. The van der Waals surface area contributed by atoms with Crippen LogP contribution in [0, 0.1) is 25.7 Å². The molecule has 2 aromatic heterocycles. The highest BCUT2D eigenvalue weighted by atomic mass is 16.6. The van der Waals surface area contributed by atoms with Crippen molar-refractivity contribution in [2.24, 2.45) is 11.8 Å². The smallest absolute Gasteiger partial charge is 0.409 e. The van der Waals surface area contributed by atoms with Crippen LogP contribution in [-0.4, -0.2) is 53.7 Å². The molecule has 2 fully saturated rings. The average molecular weight is 453 g/mol. The molecule has 1 N–H and O–H groups in total. The molecule has 0 saturated carbocycles. The van der Waals surface area contributed by atoms with Gasteiger partial charge in [-0.25, -0.2) is 4.79 Å². The Bertz CT molecular complexity index is 824. The lowest BCUT2D eigenvalue weighted by Gasteiger charge is -2.31. The number of likely N-dealkylation sites (tertiary alicyclic amines) is 1. The number of aryl methyl sites for hydroxylation is 2. The van der Waals surface area contributed by atoms with E-state index in [1.54, 1.807) is 0 Å². The highest BCUT2D eigenvalue weighted by Crippen LogP contribution is 2.21. The van der Waals surface area contributed by atoms with E-state index >= 15 is 0 Å². The molecule has 0 aromatic carbocycles. The maximum absolute atomic E-state index is 11.6. The van der Waals surface area contributed by atoms with Gasteiger partial charge in [0.25, 0.3) is 0 Å². The van der Waals surface area contributed by atoms with Crippen LogP contribution in [0.15, 0.2) is 36.7 Å². The standard InChI is InChI=1S/C15H22N2O2.C12H18N2/c1-3-19-15(18)17-8-6-13(7-9-17)10-14-5-4-12(2)11-16-14;1-10-2-3-12(14-9-10)8-11-4-6-13-7-5-11/h4-5,11,13H,3,6-10H2,1-2H3;2-3,9,11,13H,4-8H2,1H3. The number of ether oxygens (including phenoxy) is 1. The van der Waals surface area contributed by atoms with Crippen LogP contribution in [0.1, 0.15) is 55.1 Å². The fourth-order valence-electron chi connectivity index (χ4n) is 4.45. The molecule has 6 nitrogen and oxygen atoms in total. The number of aromatic nitrogens is 2. The molecule has 0 aliphatic carbocycles. The monoisotopic (exact) mass is 452 g/mol. The Morgan fingerprint density at radius 3 is 1.88 bits per heavy atom. The van der Waals surface area contributed by atoms with Gasteiger partial charge in [0.05, 0.1) is 6.61 Å². The molecule has 2 saturated heterocycles. The molecule has 1 amide bonds. The van der Waals surface area contributed by atoms with Crippen molar-refractivity contribution in [1.82, 2.24) is 20.2 Å². The van der Waals surface area contributed by atoms with Gasteiger partial charge < -0.3 is 15.0 Å². The fourth-order valence-corrected chi connectivity index (χ4v) is 4.45. The molecular weight excluding hydrogens is 412 g/mol. The molecule has 6 heteroatoms. The Labute approximate surface area is 199 Å². The van der Waals surface area contributed by atoms with Crippen LogP contribution in [0.5, 0.6) is 0 Å². The van der Waals surface area contributed by atoms with Crippen molar-refractivity contribution in [2.75, 3.05) is 32.8 Å². The third-order valence-corrected chi connectivity index (χ3v) is 6.54. The van der Waals surface area contributed by atoms with Crippen LogP contribution in [0.25, 0.3) is 0 Å². The van der Waals surface area contributed by atoms with E-state index in [2.05, 4.69) is 53.4 Å². The highest BCUT2D eigenvalue weighted by Gasteiger charge is 2.23. The second-order valence-electron chi connectivity index (χ2n) is 9.38.